The van der Waals surface area contributed by atoms with E-state index in [2.05, 4.69) is 29.5 Å². The number of nitrogens with one attached hydrogen (secondary N) is 1. The Balaban J connectivity index is 2.63. The van der Waals surface area contributed by atoms with Crippen LogP contribution in [0.4, 0.5) is 0 Å². The maximum atomic E-state index is 12.0. The molecule has 118 valence electrons. The van der Waals surface area contributed by atoms with Gasteiger partial charge in [0, 0.05) is 6.54 Å². The molecule has 7 nitrogen and oxygen atoms in total. The quantitative estimate of drug-likeness (QED) is 0.758. The van der Waals surface area contributed by atoms with Crippen molar-refractivity contribution in [1.82, 2.24) is 20.3 Å². The van der Waals surface area contributed by atoms with E-state index < -0.39 is 17.9 Å². The topological polar surface area (TPSA) is 97.1 Å². The molecule has 7 heteroatoms. The van der Waals surface area contributed by atoms with E-state index in [1.54, 1.807) is 10.9 Å². The Morgan fingerprint density at radius 1 is 1.29 bits per heavy atom. The van der Waals surface area contributed by atoms with Crippen molar-refractivity contribution in [3.8, 4) is 0 Å². The summed E-state index contributed by atoms with van der Waals surface area (Å²) in [6.45, 7) is 8.71. The lowest BCUT2D eigenvalue weighted by molar-refractivity contribution is -0.139. The molecule has 0 aromatic carbocycles. The molecular weight excluding hydrogens is 272 g/mol. The molecule has 21 heavy (non-hydrogen) atoms. The lowest BCUT2D eigenvalue weighted by Gasteiger charge is -2.15. The number of amides is 1. The molecule has 1 heterocycles. The Morgan fingerprint density at radius 3 is 2.48 bits per heavy atom. The van der Waals surface area contributed by atoms with Crippen LogP contribution < -0.4 is 5.32 Å². The fourth-order valence-corrected chi connectivity index (χ4v) is 1.83. The average molecular weight is 296 g/mol. The molecule has 0 aliphatic rings. The van der Waals surface area contributed by atoms with Crippen LogP contribution in [0.5, 0.6) is 0 Å². The molecule has 1 aromatic heterocycles. The van der Waals surface area contributed by atoms with Gasteiger partial charge in [0.05, 0.1) is 6.20 Å². The van der Waals surface area contributed by atoms with E-state index >= 15 is 0 Å². The van der Waals surface area contributed by atoms with Crippen molar-refractivity contribution >= 4 is 11.9 Å². The number of rotatable bonds is 8. The first kappa shape index (κ1) is 17.1. The minimum Gasteiger partial charge on any atom is -0.480 e. The van der Waals surface area contributed by atoms with Crippen LogP contribution in [-0.4, -0.2) is 38.0 Å². The summed E-state index contributed by atoms with van der Waals surface area (Å²) in [4.78, 5) is 23.1. The van der Waals surface area contributed by atoms with Crippen LogP contribution in [-0.2, 0) is 11.3 Å². The fraction of sp³-hybridized carbons (Fsp3) is 0.714. The van der Waals surface area contributed by atoms with Gasteiger partial charge in [-0.05, 0) is 24.7 Å². The van der Waals surface area contributed by atoms with Crippen LogP contribution >= 0.6 is 0 Å². The second kappa shape index (κ2) is 7.75. The molecule has 1 atom stereocenters. The van der Waals surface area contributed by atoms with E-state index in [1.807, 2.05) is 13.8 Å². The zero-order chi connectivity index (χ0) is 16.0. The second-order valence-electron chi connectivity index (χ2n) is 6.04. The van der Waals surface area contributed by atoms with Gasteiger partial charge in [-0.15, -0.1) is 5.10 Å². The second-order valence-corrected chi connectivity index (χ2v) is 6.04. The molecule has 0 bridgehead atoms. The molecule has 0 aliphatic carbocycles. The molecule has 1 aromatic rings. The zero-order valence-electron chi connectivity index (χ0n) is 13.0. The van der Waals surface area contributed by atoms with Crippen LogP contribution in [0, 0.1) is 11.8 Å². The number of hydrogen-bond acceptors (Lipinski definition) is 4. The van der Waals surface area contributed by atoms with Gasteiger partial charge in [-0.1, -0.05) is 32.9 Å². The highest BCUT2D eigenvalue weighted by molar-refractivity contribution is 5.94. The molecule has 1 amide bonds. The highest BCUT2D eigenvalue weighted by Gasteiger charge is 2.23. The van der Waals surface area contributed by atoms with Gasteiger partial charge in [-0.25, -0.2) is 4.79 Å². The average Bonchev–Trinajstić information content (AvgIpc) is 2.83. The van der Waals surface area contributed by atoms with Gasteiger partial charge in [0.2, 0.25) is 0 Å². The van der Waals surface area contributed by atoms with Crippen molar-refractivity contribution in [3.63, 3.8) is 0 Å². The normalized spacial score (nSPS) is 12.7. The molecule has 0 aliphatic heterocycles. The summed E-state index contributed by atoms with van der Waals surface area (Å²) in [7, 11) is 0. The number of aromatic nitrogens is 3. The van der Waals surface area contributed by atoms with Crippen molar-refractivity contribution in [1.29, 1.82) is 0 Å². The van der Waals surface area contributed by atoms with Gasteiger partial charge >= 0.3 is 5.97 Å². The van der Waals surface area contributed by atoms with Crippen LogP contribution in [0.15, 0.2) is 6.20 Å². The molecule has 0 spiro atoms. The SMILES string of the molecule is CC(C)CCn1cc(C(=O)N[C@H](CC(C)C)C(=O)O)nn1. The number of carboxylic acid groups (broad SMARTS) is 1. The van der Waals surface area contributed by atoms with Crippen molar-refractivity contribution < 1.29 is 14.7 Å². The summed E-state index contributed by atoms with van der Waals surface area (Å²) in [5.74, 6) is -0.829. The van der Waals surface area contributed by atoms with Crippen molar-refractivity contribution in [3.05, 3.63) is 11.9 Å². The summed E-state index contributed by atoms with van der Waals surface area (Å²) in [6, 6.07) is -0.904. The van der Waals surface area contributed by atoms with Gasteiger partial charge < -0.3 is 10.4 Å². The van der Waals surface area contributed by atoms with Gasteiger partial charge in [-0.3, -0.25) is 9.48 Å². The third kappa shape index (κ3) is 5.93. The van der Waals surface area contributed by atoms with Gasteiger partial charge in [0.15, 0.2) is 5.69 Å². The Kier molecular flexibility index (Phi) is 6.33. The summed E-state index contributed by atoms with van der Waals surface area (Å²) < 4.78 is 1.60. The first-order valence-electron chi connectivity index (χ1n) is 7.23. The van der Waals surface area contributed by atoms with Crippen LogP contribution in [0.1, 0.15) is 51.0 Å². The molecule has 1 rings (SSSR count). The number of hydrogen-bond donors (Lipinski definition) is 2. The summed E-state index contributed by atoms with van der Waals surface area (Å²) in [5.41, 5.74) is 0.147. The minimum absolute atomic E-state index is 0.147. The number of carboxylic acids is 1. The van der Waals surface area contributed by atoms with Gasteiger partial charge in [-0.2, -0.15) is 0 Å². The first-order valence-corrected chi connectivity index (χ1v) is 7.23. The lowest BCUT2D eigenvalue weighted by Crippen LogP contribution is -2.41. The Hall–Kier alpha value is -1.92. The number of carbonyl (C=O) groups is 2. The fourth-order valence-electron chi connectivity index (χ4n) is 1.83. The molecule has 0 fully saturated rings. The lowest BCUT2D eigenvalue weighted by atomic mass is 10.0. The molecule has 0 radical (unpaired) electrons. The Labute approximate surface area is 124 Å². The summed E-state index contributed by atoms with van der Waals surface area (Å²) >= 11 is 0. The van der Waals surface area contributed by atoms with E-state index in [-0.39, 0.29) is 11.6 Å². The minimum atomic E-state index is -1.04. The number of carbonyl (C=O) groups excluding carboxylic acids is 1. The number of nitrogens with zero attached hydrogens (tertiary/aromatic N) is 3. The molecule has 0 saturated heterocycles. The van der Waals surface area contributed by atoms with E-state index in [4.69, 9.17) is 5.11 Å². The predicted molar refractivity (Wildman–Crippen MR) is 77.8 cm³/mol. The number of aryl methyl sites for hydroxylation is 1. The van der Waals surface area contributed by atoms with Gasteiger partial charge in [0.25, 0.3) is 5.91 Å². The maximum absolute atomic E-state index is 12.0. The first-order chi connectivity index (χ1) is 9.79. The van der Waals surface area contributed by atoms with Crippen molar-refractivity contribution in [2.45, 2.75) is 53.1 Å². The third-order valence-corrected chi connectivity index (χ3v) is 3.02. The van der Waals surface area contributed by atoms with E-state index in [0.717, 1.165) is 6.42 Å². The third-order valence-electron chi connectivity index (χ3n) is 3.02. The van der Waals surface area contributed by atoms with E-state index in [1.165, 1.54) is 0 Å². The molecule has 2 N–H and O–H groups in total. The Morgan fingerprint density at radius 2 is 1.95 bits per heavy atom. The highest BCUT2D eigenvalue weighted by Crippen LogP contribution is 2.07. The number of aliphatic carboxylic acids is 1. The molecular formula is C14H24N4O3. The monoisotopic (exact) mass is 296 g/mol. The molecule has 0 saturated carbocycles. The van der Waals surface area contributed by atoms with Crippen molar-refractivity contribution in [2.24, 2.45) is 11.8 Å². The zero-order valence-corrected chi connectivity index (χ0v) is 13.0. The van der Waals surface area contributed by atoms with Crippen molar-refractivity contribution in [2.75, 3.05) is 0 Å². The van der Waals surface area contributed by atoms with Gasteiger partial charge in [0.1, 0.15) is 6.04 Å². The molecule has 0 unspecified atom stereocenters. The van der Waals surface area contributed by atoms with Crippen LogP contribution in [0.2, 0.25) is 0 Å². The predicted octanol–water partition coefficient (Wildman–Crippen LogP) is 1.55. The largest absolute Gasteiger partial charge is 0.480 e. The van der Waals surface area contributed by atoms with E-state index in [0.29, 0.717) is 18.9 Å². The highest BCUT2D eigenvalue weighted by atomic mass is 16.4. The Bertz CT molecular complexity index is 482. The van der Waals surface area contributed by atoms with Crippen LogP contribution in [0.3, 0.4) is 0 Å². The van der Waals surface area contributed by atoms with E-state index in [9.17, 15) is 9.59 Å². The standard InChI is InChI=1S/C14H24N4O3/c1-9(2)5-6-18-8-12(16-17-18)13(19)15-11(14(20)21)7-10(3)4/h8-11H,5-7H2,1-4H3,(H,15,19)(H,20,21)/t11-/m1/s1. The maximum Gasteiger partial charge on any atom is 0.326 e. The smallest absolute Gasteiger partial charge is 0.326 e. The summed E-state index contributed by atoms with van der Waals surface area (Å²) in [6.07, 6.45) is 2.87. The summed E-state index contributed by atoms with van der Waals surface area (Å²) in [5, 5.41) is 19.3. The van der Waals surface area contributed by atoms with Crippen LogP contribution in [0.25, 0.3) is 0 Å².